The molecule has 130 valence electrons. The third-order valence-electron chi connectivity index (χ3n) is 1.25. The molecule has 0 unspecified atom stereocenters. The first-order chi connectivity index (χ1) is 9.57. The molecule has 0 aromatic rings. The molecular formula is C15H40N5Nb. The molecule has 0 saturated carbocycles. The van der Waals surface area contributed by atoms with Crippen LogP contribution >= 0.6 is 0 Å². The van der Waals surface area contributed by atoms with E-state index in [1.807, 2.05) is 34.6 Å². The van der Waals surface area contributed by atoms with Crippen LogP contribution in [-0.2, 0) is 22.4 Å². The molecule has 5 nitrogen and oxygen atoms in total. The molecule has 0 bridgehead atoms. The van der Waals surface area contributed by atoms with Gasteiger partial charge in [0.25, 0.3) is 0 Å². The van der Waals surface area contributed by atoms with Crippen molar-refractivity contribution in [2.24, 2.45) is 0 Å². The van der Waals surface area contributed by atoms with Crippen LogP contribution in [0.15, 0.2) is 0 Å². The van der Waals surface area contributed by atoms with E-state index in [0.29, 0.717) is 32.7 Å². The van der Waals surface area contributed by atoms with Crippen LogP contribution < -0.4 is 0 Å². The van der Waals surface area contributed by atoms with E-state index in [4.69, 9.17) is 28.7 Å². The predicted molar refractivity (Wildman–Crippen MR) is 97.4 cm³/mol. The molecule has 0 atom stereocenters. The van der Waals surface area contributed by atoms with Crippen LogP contribution in [0.3, 0.4) is 0 Å². The zero-order valence-electron chi connectivity index (χ0n) is 15.0. The molecule has 0 aliphatic heterocycles. The maximum atomic E-state index is 6.45. The summed E-state index contributed by atoms with van der Waals surface area (Å²) in [5.74, 6) is 0. The zero-order valence-corrected chi connectivity index (χ0v) is 17.2. The average molecular weight is 383 g/mol. The Hall–Kier alpha value is 0.540. The molecule has 0 rings (SSSR count). The van der Waals surface area contributed by atoms with Gasteiger partial charge < -0.3 is 28.7 Å². The van der Waals surface area contributed by atoms with Crippen LogP contribution in [0.4, 0.5) is 0 Å². The van der Waals surface area contributed by atoms with Crippen LogP contribution in [0.5, 0.6) is 0 Å². The van der Waals surface area contributed by atoms with Crippen molar-refractivity contribution in [3.63, 3.8) is 0 Å². The second-order valence-electron chi connectivity index (χ2n) is 3.75. The summed E-state index contributed by atoms with van der Waals surface area (Å²) in [6.45, 7) is 12.8. The smallest absolute Gasteiger partial charge is 0.677 e. The molecule has 0 spiro atoms. The van der Waals surface area contributed by atoms with Gasteiger partial charge in [-0.15, -0.1) is 0 Å². The fraction of sp³-hybridized carbons (Fsp3) is 1.00. The molecule has 0 heterocycles. The van der Waals surface area contributed by atoms with E-state index in [1.165, 1.54) is 0 Å². The van der Waals surface area contributed by atoms with Gasteiger partial charge in [-0.3, -0.25) is 0 Å². The Morgan fingerprint density at radius 1 is 0.381 bits per heavy atom. The number of hydrogen-bond donors (Lipinski definition) is 0. The van der Waals surface area contributed by atoms with Crippen LogP contribution in [0.1, 0.15) is 66.7 Å². The van der Waals surface area contributed by atoms with Crippen molar-refractivity contribution < 1.29 is 22.4 Å². The third kappa shape index (κ3) is 230. The zero-order chi connectivity index (χ0) is 17.1. The van der Waals surface area contributed by atoms with E-state index in [2.05, 4.69) is 0 Å². The Bertz CT molecular complexity index is 55.2. The van der Waals surface area contributed by atoms with Gasteiger partial charge in [-0.2, -0.15) is 32.7 Å². The molecule has 0 aliphatic rings. The molecule has 0 aliphatic carbocycles. The van der Waals surface area contributed by atoms with Gasteiger partial charge in [0.15, 0.2) is 0 Å². The van der Waals surface area contributed by atoms with Crippen molar-refractivity contribution in [1.29, 1.82) is 0 Å². The fourth-order valence-corrected chi connectivity index (χ4v) is 0. The summed E-state index contributed by atoms with van der Waals surface area (Å²) < 4.78 is 0. The molecular weight excluding hydrogens is 343 g/mol. The van der Waals surface area contributed by atoms with Crippen molar-refractivity contribution in [2.75, 3.05) is 32.7 Å². The molecule has 0 fully saturated rings. The average Bonchev–Trinajstić information content (AvgIpc) is 2.55. The van der Waals surface area contributed by atoms with Gasteiger partial charge in [0, 0.05) is 0 Å². The number of nitrogens with one attached hydrogen (secondary N) is 5. The Kier molecular flexibility index (Phi) is 127. The molecule has 21 heavy (non-hydrogen) atoms. The van der Waals surface area contributed by atoms with Gasteiger partial charge in [-0.1, -0.05) is 66.7 Å². The quantitative estimate of drug-likeness (QED) is 0.444. The predicted octanol–water partition coefficient (Wildman–Crippen LogP) is 7.24. The minimum absolute atomic E-state index is 0. The van der Waals surface area contributed by atoms with Crippen LogP contribution in [-0.4, -0.2) is 32.7 Å². The normalized spacial score (nSPS) is 7.14. The largest absolute Gasteiger partial charge is 5.00 e. The van der Waals surface area contributed by atoms with Gasteiger partial charge in [0.05, 0.1) is 0 Å². The van der Waals surface area contributed by atoms with E-state index < -0.39 is 0 Å². The molecule has 6 heteroatoms. The summed E-state index contributed by atoms with van der Waals surface area (Å²) in [7, 11) is 0. The van der Waals surface area contributed by atoms with Gasteiger partial charge in [-0.25, -0.2) is 0 Å². The topological polar surface area (TPSA) is 119 Å². The van der Waals surface area contributed by atoms with Gasteiger partial charge in [0.2, 0.25) is 0 Å². The summed E-state index contributed by atoms with van der Waals surface area (Å²) in [4.78, 5) is 0. The van der Waals surface area contributed by atoms with Crippen molar-refractivity contribution in [1.82, 2.24) is 0 Å². The van der Waals surface area contributed by atoms with Crippen LogP contribution in [0, 0.1) is 0 Å². The Balaban J connectivity index is -0.0000000331. The summed E-state index contributed by atoms with van der Waals surface area (Å²) >= 11 is 0. The maximum absolute atomic E-state index is 6.45. The maximum Gasteiger partial charge on any atom is 5.00 e. The van der Waals surface area contributed by atoms with E-state index in [1.54, 1.807) is 0 Å². The first-order valence-corrected chi connectivity index (χ1v) is 7.80. The van der Waals surface area contributed by atoms with Crippen LogP contribution in [0.25, 0.3) is 28.7 Å². The van der Waals surface area contributed by atoms with E-state index in [9.17, 15) is 0 Å². The van der Waals surface area contributed by atoms with E-state index >= 15 is 0 Å². The van der Waals surface area contributed by atoms with E-state index in [0.717, 1.165) is 32.1 Å². The fourth-order valence-electron chi connectivity index (χ4n) is 0. The molecule has 0 aromatic heterocycles. The standard InChI is InChI=1S/5C3H8N.Nb/c5*1-2-3-4;/h5*4H,2-3H2,1H3;/q5*-1;+5. The van der Waals surface area contributed by atoms with Crippen LogP contribution in [0.2, 0.25) is 0 Å². The van der Waals surface area contributed by atoms with Crippen molar-refractivity contribution in [3.05, 3.63) is 28.7 Å². The second-order valence-corrected chi connectivity index (χ2v) is 3.75. The van der Waals surface area contributed by atoms with E-state index in [-0.39, 0.29) is 22.4 Å². The van der Waals surface area contributed by atoms with Crippen molar-refractivity contribution in [2.45, 2.75) is 66.7 Å². The molecule has 0 amide bonds. The van der Waals surface area contributed by atoms with Crippen molar-refractivity contribution >= 4 is 0 Å². The van der Waals surface area contributed by atoms with Gasteiger partial charge in [0.1, 0.15) is 0 Å². The minimum atomic E-state index is 0. The molecule has 5 N–H and O–H groups in total. The first kappa shape index (κ1) is 37.6. The third-order valence-corrected chi connectivity index (χ3v) is 1.25. The van der Waals surface area contributed by atoms with Gasteiger partial charge in [-0.05, 0) is 0 Å². The number of hydrogen-bond acceptors (Lipinski definition) is 0. The molecule has 0 radical (unpaired) electrons. The number of rotatable bonds is 5. The SMILES string of the molecule is CCC[NH-].CCC[NH-].CCC[NH-].CCC[NH-].CCC[NH-].[Nb+5]. The Morgan fingerprint density at radius 3 is 0.429 bits per heavy atom. The Morgan fingerprint density at radius 2 is 0.429 bits per heavy atom. The minimum Gasteiger partial charge on any atom is -0.677 e. The summed E-state index contributed by atoms with van der Waals surface area (Å²) in [6, 6.07) is 0. The summed E-state index contributed by atoms with van der Waals surface area (Å²) in [5.41, 5.74) is 32.3. The molecule has 0 aromatic carbocycles. The first-order valence-electron chi connectivity index (χ1n) is 7.80. The van der Waals surface area contributed by atoms with Crippen molar-refractivity contribution in [3.8, 4) is 0 Å². The monoisotopic (exact) mass is 383 g/mol. The molecule has 0 saturated heterocycles. The summed E-state index contributed by atoms with van der Waals surface area (Å²) in [6.07, 6.45) is 4.93. The van der Waals surface area contributed by atoms with Gasteiger partial charge >= 0.3 is 22.4 Å². The second kappa shape index (κ2) is 70.6. The Labute approximate surface area is 150 Å². The summed E-state index contributed by atoms with van der Waals surface area (Å²) in [5, 5.41) is 0.